The van der Waals surface area contributed by atoms with E-state index in [1.807, 2.05) is 52.4 Å². The highest BCUT2D eigenvalue weighted by molar-refractivity contribution is 6.06. The van der Waals surface area contributed by atoms with Crippen molar-refractivity contribution in [3.05, 3.63) is 90.1 Å². The second-order valence-corrected chi connectivity index (χ2v) is 11.0. The molecule has 1 fully saturated rings. The number of piperidine rings is 1. The van der Waals surface area contributed by atoms with E-state index in [1.54, 1.807) is 12.4 Å². The summed E-state index contributed by atoms with van der Waals surface area (Å²) in [7, 11) is 0. The number of nitrogens with zero attached hydrogens (tertiary/aromatic N) is 4. The first-order chi connectivity index (χ1) is 19.6. The Morgan fingerprint density at radius 3 is 2.60 bits per heavy atom. The molecule has 2 aliphatic heterocycles. The number of carbonyl (C=O) groups excluding carboxylic acids is 2. The van der Waals surface area contributed by atoms with Crippen LogP contribution in [0.25, 0.3) is 10.9 Å². The minimum Gasteiger partial charge on any atom is -0.491 e. The molecular weight excluding hydrogens is 502 g/mol. The molecule has 4 heterocycles. The van der Waals surface area contributed by atoms with Crippen LogP contribution in [-0.4, -0.2) is 69.4 Å². The van der Waals surface area contributed by atoms with Gasteiger partial charge in [-0.25, -0.2) is 4.98 Å². The molecule has 4 aromatic rings. The average molecular weight is 538 g/mol. The standard InChI is InChI=1S/C32H35N5O3/c38-30(26-8-5-9-27-25(26)11-15-34-27)36-18-13-32(14-19-36)12-4-3-7-24-6-1-2-10-29(24)40-21-20-37(23-32)31(39)28-22-33-16-17-35-28/h1-2,5-6,8-11,15-17,22,34H,3-4,7,12-14,18-21,23H2. The van der Waals surface area contributed by atoms with E-state index in [4.69, 9.17) is 4.74 Å². The zero-order valence-corrected chi connectivity index (χ0v) is 22.7. The minimum absolute atomic E-state index is 0.0747. The molecule has 0 radical (unpaired) electrons. The van der Waals surface area contributed by atoms with E-state index in [2.05, 4.69) is 27.1 Å². The maximum absolute atomic E-state index is 13.6. The summed E-state index contributed by atoms with van der Waals surface area (Å²) in [6.07, 6.45) is 12.3. The number of aryl methyl sites for hydroxylation is 1. The lowest BCUT2D eigenvalue weighted by Gasteiger charge is -2.45. The van der Waals surface area contributed by atoms with Crippen molar-refractivity contribution in [2.45, 2.75) is 38.5 Å². The van der Waals surface area contributed by atoms with Gasteiger partial charge in [-0.05, 0) is 67.3 Å². The number of aromatic nitrogens is 3. The van der Waals surface area contributed by atoms with Crippen LogP contribution < -0.4 is 4.74 Å². The normalized spacial score (nSPS) is 17.9. The number of hydrogen-bond donors (Lipinski definition) is 1. The molecule has 8 heteroatoms. The van der Waals surface area contributed by atoms with Gasteiger partial charge in [-0.1, -0.05) is 30.7 Å². The topological polar surface area (TPSA) is 91.4 Å². The molecule has 1 N–H and O–H groups in total. The summed E-state index contributed by atoms with van der Waals surface area (Å²) in [6.45, 7) is 2.83. The van der Waals surface area contributed by atoms with Crippen LogP contribution in [0.4, 0.5) is 0 Å². The molecule has 0 aliphatic carbocycles. The van der Waals surface area contributed by atoms with Crippen molar-refractivity contribution in [3.8, 4) is 5.75 Å². The van der Waals surface area contributed by atoms with Gasteiger partial charge in [-0.3, -0.25) is 14.6 Å². The number of H-pyrrole nitrogens is 1. The fourth-order valence-electron chi connectivity index (χ4n) is 6.27. The van der Waals surface area contributed by atoms with Gasteiger partial charge < -0.3 is 19.5 Å². The van der Waals surface area contributed by atoms with Gasteiger partial charge in [0.05, 0.1) is 12.7 Å². The first kappa shape index (κ1) is 26.0. The number of fused-ring (bicyclic) bond motifs is 2. The van der Waals surface area contributed by atoms with Gasteiger partial charge in [0, 0.05) is 54.7 Å². The molecule has 2 aromatic carbocycles. The summed E-state index contributed by atoms with van der Waals surface area (Å²) in [6, 6.07) is 16.0. The van der Waals surface area contributed by atoms with E-state index < -0.39 is 0 Å². The summed E-state index contributed by atoms with van der Waals surface area (Å²) >= 11 is 0. The number of hydrogen-bond acceptors (Lipinski definition) is 5. The molecule has 1 saturated heterocycles. The third-order valence-corrected chi connectivity index (χ3v) is 8.53. The number of para-hydroxylation sites is 1. The Labute approximate surface area is 234 Å². The van der Waals surface area contributed by atoms with Gasteiger partial charge >= 0.3 is 0 Å². The predicted octanol–water partition coefficient (Wildman–Crippen LogP) is 5.13. The van der Waals surface area contributed by atoms with Crippen molar-refractivity contribution in [3.63, 3.8) is 0 Å². The van der Waals surface area contributed by atoms with Gasteiger partial charge in [-0.15, -0.1) is 0 Å². The molecule has 2 amide bonds. The molecule has 206 valence electrons. The second-order valence-electron chi connectivity index (χ2n) is 11.0. The molecule has 0 saturated carbocycles. The molecule has 0 unspecified atom stereocenters. The fraction of sp³-hybridized carbons (Fsp3) is 0.375. The third kappa shape index (κ3) is 5.43. The van der Waals surface area contributed by atoms with Crippen LogP contribution in [0, 0.1) is 5.41 Å². The summed E-state index contributed by atoms with van der Waals surface area (Å²) in [4.78, 5) is 42.7. The summed E-state index contributed by atoms with van der Waals surface area (Å²) < 4.78 is 6.19. The van der Waals surface area contributed by atoms with Crippen molar-refractivity contribution in [1.29, 1.82) is 0 Å². The molecular formula is C32H35N5O3. The minimum atomic E-state index is -0.126. The lowest BCUT2D eigenvalue weighted by molar-refractivity contribution is 0.0326. The van der Waals surface area contributed by atoms with Crippen molar-refractivity contribution >= 4 is 22.7 Å². The molecule has 0 atom stereocenters. The van der Waals surface area contributed by atoms with Crippen molar-refractivity contribution in [1.82, 2.24) is 24.8 Å². The summed E-state index contributed by atoms with van der Waals surface area (Å²) in [5.74, 6) is 0.846. The van der Waals surface area contributed by atoms with E-state index in [-0.39, 0.29) is 17.2 Å². The number of benzene rings is 2. The Balaban J connectivity index is 1.23. The number of amides is 2. The smallest absolute Gasteiger partial charge is 0.274 e. The number of rotatable bonds is 2. The average Bonchev–Trinajstić information content (AvgIpc) is 3.48. The molecule has 0 bridgehead atoms. The maximum Gasteiger partial charge on any atom is 0.274 e. The van der Waals surface area contributed by atoms with E-state index in [9.17, 15) is 9.59 Å². The highest BCUT2D eigenvalue weighted by Gasteiger charge is 2.39. The van der Waals surface area contributed by atoms with Crippen LogP contribution in [-0.2, 0) is 6.42 Å². The van der Waals surface area contributed by atoms with Gasteiger partial charge in [0.1, 0.15) is 18.1 Å². The number of aromatic amines is 1. The zero-order chi connectivity index (χ0) is 27.4. The number of likely N-dealkylation sites (tertiary alicyclic amines) is 1. The molecule has 6 rings (SSSR count). The molecule has 2 aliphatic rings. The quantitative estimate of drug-likeness (QED) is 0.383. The molecule has 2 aromatic heterocycles. The van der Waals surface area contributed by atoms with Crippen LogP contribution in [0.15, 0.2) is 73.3 Å². The van der Waals surface area contributed by atoms with Crippen LogP contribution in [0.3, 0.4) is 0 Å². The number of ether oxygens (including phenoxy) is 1. The van der Waals surface area contributed by atoms with Crippen LogP contribution in [0.1, 0.15) is 58.5 Å². The highest BCUT2D eigenvalue weighted by Crippen LogP contribution is 2.39. The Kier molecular flexibility index (Phi) is 7.49. The first-order valence-corrected chi connectivity index (χ1v) is 14.2. The van der Waals surface area contributed by atoms with Gasteiger partial charge in [-0.2, -0.15) is 0 Å². The van der Waals surface area contributed by atoms with Crippen molar-refractivity contribution in [2.24, 2.45) is 5.41 Å². The van der Waals surface area contributed by atoms with Crippen LogP contribution >= 0.6 is 0 Å². The molecule has 1 spiro atoms. The van der Waals surface area contributed by atoms with Crippen molar-refractivity contribution in [2.75, 3.05) is 32.8 Å². The largest absolute Gasteiger partial charge is 0.491 e. The monoisotopic (exact) mass is 537 g/mol. The highest BCUT2D eigenvalue weighted by atomic mass is 16.5. The Hall–Kier alpha value is -4.20. The molecule has 40 heavy (non-hydrogen) atoms. The number of nitrogens with one attached hydrogen (secondary N) is 1. The lowest BCUT2D eigenvalue weighted by atomic mass is 9.73. The Morgan fingerprint density at radius 1 is 0.875 bits per heavy atom. The number of carbonyl (C=O) groups is 2. The Bertz CT molecular complexity index is 1480. The third-order valence-electron chi connectivity index (χ3n) is 8.53. The summed E-state index contributed by atoms with van der Waals surface area (Å²) in [5.41, 5.74) is 3.19. The van der Waals surface area contributed by atoms with E-state index >= 15 is 0 Å². The van der Waals surface area contributed by atoms with Gasteiger partial charge in [0.2, 0.25) is 0 Å². The second kappa shape index (κ2) is 11.5. The maximum atomic E-state index is 13.6. The van der Waals surface area contributed by atoms with E-state index in [0.717, 1.165) is 60.7 Å². The zero-order valence-electron chi connectivity index (χ0n) is 22.7. The summed E-state index contributed by atoms with van der Waals surface area (Å²) in [5, 5.41) is 0.958. The van der Waals surface area contributed by atoms with Gasteiger partial charge in [0.25, 0.3) is 11.8 Å². The fourth-order valence-corrected chi connectivity index (χ4v) is 6.27. The first-order valence-electron chi connectivity index (χ1n) is 14.2. The Morgan fingerprint density at radius 2 is 1.75 bits per heavy atom. The van der Waals surface area contributed by atoms with E-state index in [1.165, 1.54) is 11.8 Å². The van der Waals surface area contributed by atoms with Crippen LogP contribution in [0.5, 0.6) is 5.75 Å². The van der Waals surface area contributed by atoms with Gasteiger partial charge in [0.15, 0.2) is 0 Å². The SMILES string of the molecule is O=C(c1cnccn1)N1CCOc2ccccc2CCCCC2(CCN(C(=O)c3cccc4[nH]ccc34)CC2)C1. The van der Waals surface area contributed by atoms with Crippen molar-refractivity contribution < 1.29 is 14.3 Å². The predicted molar refractivity (Wildman–Crippen MR) is 153 cm³/mol. The molecule has 8 nitrogen and oxygen atoms in total. The van der Waals surface area contributed by atoms with E-state index in [0.29, 0.717) is 38.5 Å². The van der Waals surface area contributed by atoms with Crippen LogP contribution in [0.2, 0.25) is 0 Å². The lowest BCUT2D eigenvalue weighted by Crippen LogP contribution is -2.50.